The van der Waals surface area contributed by atoms with E-state index in [1.807, 2.05) is 6.20 Å². The van der Waals surface area contributed by atoms with E-state index in [0.29, 0.717) is 6.04 Å². The van der Waals surface area contributed by atoms with Gasteiger partial charge in [0.2, 0.25) is 0 Å². The molecule has 0 aliphatic rings. The number of aromatic nitrogens is 2. The molecule has 0 spiro atoms. The Kier molecular flexibility index (Phi) is 3.36. The normalized spacial score (nSPS) is 10.9. The molecule has 0 atom stereocenters. The second kappa shape index (κ2) is 4.09. The van der Waals surface area contributed by atoms with Crippen molar-refractivity contribution in [2.24, 2.45) is 0 Å². The first-order chi connectivity index (χ1) is 5.27. The maximum Gasteiger partial charge on any atom is 0.0623 e. The van der Waals surface area contributed by atoms with Crippen LogP contribution in [0, 0.1) is 3.57 Å². The second-order valence-corrected chi connectivity index (χ2v) is 3.85. The summed E-state index contributed by atoms with van der Waals surface area (Å²) in [5.74, 6) is 0. The fourth-order valence-electron chi connectivity index (χ4n) is 1.18. The molecule has 1 rings (SSSR count). The number of nitrogens with zero attached hydrogens (tertiary/aromatic N) is 2. The summed E-state index contributed by atoms with van der Waals surface area (Å²) in [6.07, 6.45) is 6.32. The average Bonchev–Trinajstić information content (AvgIpc) is 2.39. The van der Waals surface area contributed by atoms with Crippen LogP contribution in [0.1, 0.15) is 32.7 Å². The Labute approximate surface area is 81.1 Å². The summed E-state index contributed by atoms with van der Waals surface area (Å²) in [6.45, 7) is 4.39. The van der Waals surface area contributed by atoms with E-state index < -0.39 is 0 Å². The summed E-state index contributed by atoms with van der Waals surface area (Å²) < 4.78 is 3.27. The van der Waals surface area contributed by atoms with Crippen LogP contribution in [0.2, 0.25) is 0 Å². The molecule has 0 unspecified atom stereocenters. The number of halogens is 1. The zero-order valence-corrected chi connectivity index (χ0v) is 9.08. The molecule has 0 aliphatic carbocycles. The lowest BCUT2D eigenvalue weighted by molar-refractivity contribution is 0.428. The van der Waals surface area contributed by atoms with Crippen LogP contribution in [-0.4, -0.2) is 9.78 Å². The fraction of sp³-hybridized carbons (Fsp3) is 0.625. The van der Waals surface area contributed by atoms with E-state index in [-0.39, 0.29) is 0 Å². The van der Waals surface area contributed by atoms with Crippen LogP contribution in [0.25, 0.3) is 0 Å². The Hall–Kier alpha value is -0.0600. The summed E-state index contributed by atoms with van der Waals surface area (Å²) >= 11 is 2.28. The van der Waals surface area contributed by atoms with Gasteiger partial charge in [0.25, 0.3) is 0 Å². The molecule has 2 nitrogen and oxygen atoms in total. The van der Waals surface area contributed by atoms with Gasteiger partial charge in [0, 0.05) is 6.20 Å². The van der Waals surface area contributed by atoms with E-state index in [4.69, 9.17) is 0 Å². The molecular weight excluding hydrogens is 251 g/mol. The molecule has 0 aromatic carbocycles. The van der Waals surface area contributed by atoms with Crippen molar-refractivity contribution in [3.8, 4) is 0 Å². The predicted octanol–water partition coefficient (Wildman–Crippen LogP) is 2.85. The Morgan fingerprint density at radius 1 is 1.55 bits per heavy atom. The SMILES string of the molecule is CCC(CC)n1cc(I)cn1. The van der Waals surface area contributed by atoms with E-state index in [2.05, 4.69) is 52.4 Å². The van der Waals surface area contributed by atoms with Crippen molar-refractivity contribution in [3.63, 3.8) is 0 Å². The summed E-state index contributed by atoms with van der Waals surface area (Å²) in [5.41, 5.74) is 0. The molecule has 3 heteroatoms. The lowest BCUT2D eigenvalue weighted by Gasteiger charge is -2.11. The molecule has 1 heterocycles. The van der Waals surface area contributed by atoms with Gasteiger partial charge >= 0.3 is 0 Å². The summed E-state index contributed by atoms with van der Waals surface area (Å²) in [4.78, 5) is 0. The smallest absolute Gasteiger partial charge is 0.0623 e. The van der Waals surface area contributed by atoms with Crippen molar-refractivity contribution in [2.75, 3.05) is 0 Å². The highest BCUT2D eigenvalue weighted by Crippen LogP contribution is 2.15. The highest BCUT2D eigenvalue weighted by molar-refractivity contribution is 14.1. The van der Waals surface area contributed by atoms with E-state index in [9.17, 15) is 0 Å². The van der Waals surface area contributed by atoms with Gasteiger partial charge in [-0.1, -0.05) is 13.8 Å². The van der Waals surface area contributed by atoms with E-state index in [0.717, 1.165) is 12.8 Å². The molecule has 0 fully saturated rings. The first-order valence-electron chi connectivity index (χ1n) is 3.97. The number of hydrogen-bond acceptors (Lipinski definition) is 1. The molecule has 0 amide bonds. The van der Waals surface area contributed by atoms with Crippen molar-refractivity contribution >= 4 is 22.6 Å². The minimum atomic E-state index is 0.582. The lowest BCUT2D eigenvalue weighted by atomic mass is 10.2. The third-order valence-corrected chi connectivity index (χ3v) is 2.44. The molecule has 11 heavy (non-hydrogen) atoms. The topological polar surface area (TPSA) is 17.8 Å². The van der Waals surface area contributed by atoms with Gasteiger partial charge in [0.1, 0.15) is 0 Å². The lowest BCUT2D eigenvalue weighted by Crippen LogP contribution is -2.06. The Morgan fingerprint density at radius 2 is 2.18 bits per heavy atom. The van der Waals surface area contributed by atoms with E-state index in [1.165, 1.54) is 3.57 Å². The molecule has 0 saturated heterocycles. The van der Waals surface area contributed by atoms with Crippen LogP contribution >= 0.6 is 22.6 Å². The third kappa shape index (κ3) is 2.18. The highest BCUT2D eigenvalue weighted by Gasteiger charge is 2.05. The highest BCUT2D eigenvalue weighted by atomic mass is 127. The van der Waals surface area contributed by atoms with Gasteiger partial charge in [0.15, 0.2) is 0 Å². The van der Waals surface area contributed by atoms with Gasteiger partial charge in [-0.3, -0.25) is 4.68 Å². The Bertz CT molecular complexity index is 216. The molecule has 1 aromatic heterocycles. The Balaban J connectivity index is 2.73. The van der Waals surface area contributed by atoms with Crippen molar-refractivity contribution in [2.45, 2.75) is 32.7 Å². The van der Waals surface area contributed by atoms with Crippen molar-refractivity contribution in [1.29, 1.82) is 0 Å². The van der Waals surface area contributed by atoms with Gasteiger partial charge in [-0.2, -0.15) is 5.10 Å². The van der Waals surface area contributed by atoms with Gasteiger partial charge in [-0.15, -0.1) is 0 Å². The molecule has 1 aromatic rings. The van der Waals surface area contributed by atoms with Gasteiger partial charge < -0.3 is 0 Å². The minimum Gasteiger partial charge on any atom is -0.269 e. The molecule has 0 saturated carbocycles. The first kappa shape index (κ1) is 9.03. The van der Waals surface area contributed by atoms with Crippen LogP contribution in [0.15, 0.2) is 12.4 Å². The van der Waals surface area contributed by atoms with Crippen molar-refractivity contribution < 1.29 is 0 Å². The maximum absolute atomic E-state index is 4.27. The average molecular weight is 264 g/mol. The molecule has 0 N–H and O–H groups in total. The van der Waals surface area contributed by atoms with Crippen molar-refractivity contribution in [3.05, 3.63) is 16.0 Å². The fourth-order valence-corrected chi connectivity index (χ4v) is 1.59. The minimum absolute atomic E-state index is 0.582. The van der Waals surface area contributed by atoms with Gasteiger partial charge in [-0.05, 0) is 35.4 Å². The second-order valence-electron chi connectivity index (χ2n) is 2.61. The Morgan fingerprint density at radius 3 is 2.55 bits per heavy atom. The standard InChI is InChI=1S/C8H13IN2/c1-3-8(4-2)11-6-7(9)5-10-11/h5-6,8H,3-4H2,1-2H3. The number of hydrogen-bond donors (Lipinski definition) is 0. The zero-order chi connectivity index (χ0) is 8.27. The monoisotopic (exact) mass is 264 g/mol. The van der Waals surface area contributed by atoms with Gasteiger partial charge in [0.05, 0.1) is 15.8 Å². The van der Waals surface area contributed by atoms with E-state index >= 15 is 0 Å². The molecule has 0 bridgehead atoms. The maximum atomic E-state index is 4.27. The van der Waals surface area contributed by atoms with Crippen LogP contribution in [-0.2, 0) is 0 Å². The predicted molar refractivity (Wildman–Crippen MR) is 54.6 cm³/mol. The van der Waals surface area contributed by atoms with E-state index in [1.54, 1.807) is 0 Å². The van der Waals surface area contributed by atoms with Crippen LogP contribution in [0.4, 0.5) is 0 Å². The number of rotatable bonds is 3. The summed E-state index contributed by atoms with van der Waals surface area (Å²) in [6, 6.07) is 0.582. The van der Waals surface area contributed by atoms with Crippen LogP contribution < -0.4 is 0 Å². The molecule has 0 aliphatic heterocycles. The quantitative estimate of drug-likeness (QED) is 0.767. The van der Waals surface area contributed by atoms with Crippen LogP contribution in [0.3, 0.4) is 0 Å². The molecular formula is C8H13IN2. The molecule has 0 radical (unpaired) electrons. The molecule has 62 valence electrons. The third-order valence-electron chi connectivity index (χ3n) is 1.89. The van der Waals surface area contributed by atoms with Crippen molar-refractivity contribution in [1.82, 2.24) is 9.78 Å². The summed E-state index contributed by atoms with van der Waals surface area (Å²) in [7, 11) is 0. The van der Waals surface area contributed by atoms with Gasteiger partial charge in [-0.25, -0.2) is 0 Å². The summed E-state index contributed by atoms with van der Waals surface area (Å²) in [5, 5.41) is 4.27. The zero-order valence-electron chi connectivity index (χ0n) is 6.92. The first-order valence-corrected chi connectivity index (χ1v) is 5.05. The van der Waals surface area contributed by atoms with Crippen LogP contribution in [0.5, 0.6) is 0 Å². The largest absolute Gasteiger partial charge is 0.269 e.